The molecule has 27 heavy (non-hydrogen) atoms. The van der Waals surface area contributed by atoms with Crippen LogP contribution in [0.2, 0.25) is 0 Å². The number of rotatable bonds is 5. The number of aromatic nitrogens is 2. The van der Waals surface area contributed by atoms with Crippen LogP contribution in [0.15, 0.2) is 23.0 Å². The lowest BCUT2D eigenvalue weighted by atomic mass is 9.94. The minimum atomic E-state index is -4.84. The Morgan fingerprint density at radius 3 is 2.33 bits per heavy atom. The minimum Gasteiger partial charge on any atom is -0.394 e. The zero-order chi connectivity index (χ0) is 20.4. The second-order valence-electron chi connectivity index (χ2n) is 6.39. The Morgan fingerprint density at radius 2 is 1.81 bits per heavy atom. The summed E-state index contributed by atoms with van der Waals surface area (Å²) in [5.74, 6) is -0.624. The molecule has 9 heteroatoms. The second kappa shape index (κ2) is 7.91. The van der Waals surface area contributed by atoms with E-state index < -0.39 is 35.7 Å². The molecular weight excluding hydrogens is 363 g/mol. The molecule has 1 amide bonds. The van der Waals surface area contributed by atoms with Gasteiger partial charge in [0, 0.05) is 0 Å². The van der Waals surface area contributed by atoms with Gasteiger partial charge >= 0.3 is 6.18 Å². The minimum absolute atomic E-state index is 0.228. The molecule has 3 N–H and O–H groups in total. The molecule has 146 valence electrons. The smallest absolute Gasteiger partial charge is 0.394 e. The SMILES string of the molecule is Cc1cc(C)c(C(CO)NC(=O)Cc2cc(C(F)(F)F)c(=O)[nH]n2)c(C)c1. The van der Waals surface area contributed by atoms with Gasteiger partial charge in [-0.25, -0.2) is 5.10 Å². The highest BCUT2D eigenvalue weighted by molar-refractivity contribution is 5.78. The molecule has 0 fully saturated rings. The molecule has 0 aliphatic heterocycles. The summed E-state index contributed by atoms with van der Waals surface area (Å²) in [4.78, 5) is 23.5. The number of hydrogen-bond donors (Lipinski definition) is 3. The van der Waals surface area contributed by atoms with Gasteiger partial charge in [-0.15, -0.1) is 0 Å². The number of nitrogens with one attached hydrogen (secondary N) is 2. The monoisotopic (exact) mass is 383 g/mol. The van der Waals surface area contributed by atoms with Crippen LogP contribution in [0.5, 0.6) is 0 Å². The number of nitrogens with zero attached hydrogens (tertiary/aromatic N) is 1. The number of aliphatic hydroxyl groups is 1. The predicted octanol–water partition coefficient (Wildman–Crippen LogP) is 2.11. The van der Waals surface area contributed by atoms with E-state index in [9.17, 15) is 27.9 Å². The number of aliphatic hydroxyl groups excluding tert-OH is 1. The van der Waals surface area contributed by atoms with Crippen molar-refractivity contribution < 1.29 is 23.1 Å². The number of hydrogen-bond acceptors (Lipinski definition) is 4. The Morgan fingerprint density at radius 1 is 1.22 bits per heavy atom. The first-order chi connectivity index (χ1) is 12.5. The molecule has 0 saturated heterocycles. The van der Waals surface area contributed by atoms with Crippen molar-refractivity contribution in [2.24, 2.45) is 0 Å². The van der Waals surface area contributed by atoms with Crippen molar-refractivity contribution in [2.45, 2.75) is 39.4 Å². The average molecular weight is 383 g/mol. The zero-order valence-corrected chi connectivity index (χ0v) is 15.1. The molecule has 1 heterocycles. The molecule has 0 aliphatic rings. The largest absolute Gasteiger partial charge is 0.421 e. The highest BCUT2D eigenvalue weighted by Gasteiger charge is 2.34. The fraction of sp³-hybridized carbons (Fsp3) is 0.389. The van der Waals surface area contributed by atoms with E-state index in [1.807, 2.05) is 32.9 Å². The van der Waals surface area contributed by atoms with Crippen molar-refractivity contribution in [3.05, 3.63) is 62.1 Å². The number of aromatic amines is 1. The normalized spacial score (nSPS) is 12.7. The number of amides is 1. The van der Waals surface area contributed by atoms with Crippen molar-refractivity contribution >= 4 is 5.91 Å². The highest BCUT2D eigenvalue weighted by atomic mass is 19.4. The molecular formula is C18H20F3N3O3. The van der Waals surface area contributed by atoms with Crippen molar-refractivity contribution in [3.63, 3.8) is 0 Å². The van der Waals surface area contributed by atoms with E-state index in [1.54, 1.807) is 5.10 Å². The molecule has 6 nitrogen and oxygen atoms in total. The second-order valence-corrected chi connectivity index (χ2v) is 6.39. The first kappa shape index (κ1) is 20.6. The number of H-pyrrole nitrogens is 1. The molecule has 0 bridgehead atoms. The summed E-state index contributed by atoms with van der Waals surface area (Å²) in [5.41, 5.74) is 0.543. The number of halogens is 3. The summed E-state index contributed by atoms with van der Waals surface area (Å²) in [6.45, 7) is 5.26. The van der Waals surface area contributed by atoms with Gasteiger partial charge in [-0.05, 0) is 43.5 Å². The summed E-state index contributed by atoms with van der Waals surface area (Å²) in [6.07, 6.45) is -5.31. The van der Waals surface area contributed by atoms with E-state index in [1.165, 1.54) is 0 Å². The fourth-order valence-electron chi connectivity index (χ4n) is 3.11. The van der Waals surface area contributed by atoms with Crippen LogP contribution in [0.4, 0.5) is 13.2 Å². The van der Waals surface area contributed by atoms with Gasteiger partial charge in [-0.2, -0.15) is 18.3 Å². The molecule has 1 aromatic heterocycles. The molecule has 0 aliphatic carbocycles. The van der Waals surface area contributed by atoms with E-state index in [2.05, 4.69) is 10.4 Å². The Balaban J connectivity index is 2.21. The molecule has 0 saturated carbocycles. The predicted molar refractivity (Wildman–Crippen MR) is 92.2 cm³/mol. The van der Waals surface area contributed by atoms with Crippen LogP contribution < -0.4 is 10.9 Å². The number of aryl methyl sites for hydroxylation is 3. The van der Waals surface area contributed by atoms with E-state index in [0.717, 1.165) is 22.3 Å². The Bertz CT molecular complexity index is 884. The van der Waals surface area contributed by atoms with Gasteiger partial charge in [0.2, 0.25) is 5.91 Å². The average Bonchev–Trinajstić information content (AvgIpc) is 2.53. The third kappa shape index (κ3) is 4.94. The number of benzene rings is 1. The van der Waals surface area contributed by atoms with Crippen LogP contribution >= 0.6 is 0 Å². The van der Waals surface area contributed by atoms with Crippen molar-refractivity contribution in [2.75, 3.05) is 6.61 Å². The van der Waals surface area contributed by atoms with Gasteiger partial charge in [-0.3, -0.25) is 9.59 Å². The highest BCUT2D eigenvalue weighted by Crippen LogP contribution is 2.26. The Hall–Kier alpha value is -2.68. The third-order valence-corrected chi connectivity index (χ3v) is 4.11. The maximum atomic E-state index is 12.8. The zero-order valence-electron chi connectivity index (χ0n) is 15.1. The van der Waals surface area contributed by atoms with E-state index in [4.69, 9.17) is 0 Å². The van der Waals surface area contributed by atoms with Crippen LogP contribution in [0, 0.1) is 20.8 Å². The lowest BCUT2D eigenvalue weighted by Crippen LogP contribution is -2.33. The van der Waals surface area contributed by atoms with E-state index >= 15 is 0 Å². The van der Waals surface area contributed by atoms with Crippen molar-refractivity contribution in [3.8, 4) is 0 Å². The summed E-state index contributed by atoms with van der Waals surface area (Å²) in [6, 6.07) is 3.67. The van der Waals surface area contributed by atoms with Crippen LogP contribution in [0.1, 0.15) is 39.6 Å². The maximum Gasteiger partial charge on any atom is 0.421 e. The number of carbonyl (C=O) groups excluding carboxylic acids is 1. The summed E-state index contributed by atoms with van der Waals surface area (Å²) < 4.78 is 38.4. The summed E-state index contributed by atoms with van der Waals surface area (Å²) >= 11 is 0. The molecule has 2 rings (SSSR count). The van der Waals surface area contributed by atoms with Gasteiger partial charge in [0.1, 0.15) is 5.56 Å². The lowest BCUT2D eigenvalue weighted by Gasteiger charge is -2.21. The molecule has 1 unspecified atom stereocenters. The Labute approximate surface area is 153 Å². The van der Waals surface area contributed by atoms with Gasteiger partial charge in [0.05, 0.1) is 24.8 Å². The Kier molecular flexibility index (Phi) is 6.04. The van der Waals surface area contributed by atoms with Crippen molar-refractivity contribution in [1.82, 2.24) is 15.5 Å². The quantitative estimate of drug-likeness (QED) is 0.737. The molecule has 2 aromatic rings. The van der Waals surface area contributed by atoms with Gasteiger partial charge in [0.25, 0.3) is 5.56 Å². The molecule has 0 radical (unpaired) electrons. The first-order valence-electron chi connectivity index (χ1n) is 8.16. The maximum absolute atomic E-state index is 12.8. The van der Waals surface area contributed by atoms with Crippen LogP contribution in [0.3, 0.4) is 0 Å². The summed E-state index contributed by atoms with van der Waals surface area (Å²) in [7, 11) is 0. The van der Waals surface area contributed by atoms with Crippen LogP contribution in [-0.4, -0.2) is 27.8 Å². The number of alkyl halides is 3. The van der Waals surface area contributed by atoms with Crippen LogP contribution in [0.25, 0.3) is 0 Å². The van der Waals surface area contributed by atoms with Crippen molar-refractivity contribution in [1.29, 1.82) is 0 Å². The summed E-state index contributed by atoms with van der Waals surface area (Å²) in [5, 5.41) is 17.5. The standard InChI is InChI=1S/C18H20F3N3O3/c1-9-4-10(2)16(11(3)5-9)14(8-25)22-15(26)7-12-6-13(18(19,20)21)17(27)24-23-12/h4-6,14,25H,7-8H2,1-3H3,(H,22,26)(H,24,27). The first-order valence-corrected chi connectivity index (χ1v) is 8.16. The van der Waals surface area contributed by atoms with Gasteiger partial charge in [0.15, 0.2) is 0 Å². The number of carbonyl (C=O) groups is 1. The lowest BCUT2D eigenvalue weighted by molar-refractivity contribution is -0.139. The van der Waals surface area contributed by atoms with E-state index in [0.29, 0.717) is 6.07 Å². The molecule has 1 aromatic carbocycles. The van der Waals surface area contributed by atoms with E-state index in [-0.39, 0.29) is 12.3 Å². The van der Waals surface area contributed by atoms with Crippen LogP contribution in [-0.2, 0) is 17.4 Å². The van der Waals surface area contributed by atoms with Gasteiger partial charge in [-0.1, -0.05) is 17.7 Å². The third-order valence-electron chi connectivity index (χ3n) is 4.11. The topological polar surface area (TPSA) is 95.1 Å². The molecule has 0 spiro atoms. The fourth-order valence-corrected chi connectivity index (χ4v) is 3.11. The molecule has 1 atom stereocenters. The van der Waals surface area contributed by atoms with Gasteiger partial charge < -0.3 is 10.4 Å².